The summed E-state index contributed by atoms with van der Waals surface area (Å²) in [5.41, 5.74) is 4.01. The van der Waals surface area contributed by atoms with E-state index >= 15 is 0 Å². The topological polar surface area (TPSA) is 27.7 Å². The molecule has 0 aliphatic carbocycles. The van der Waals surface area contributed by atoms with Crippen molar-refractivity contribution in [1.29, 1.82) is 0 Å². The molecule has 37 heavy (non-hydrogen) atoms. The zero-order valence-electron chi connectivity index (χ0n) is 20.5. The average Bonchev–Trinajstić information content (AvgIpc) is 2.91. The first-order valence-electron chi connectivity index (χ1n) is 11.6. The van der Waals surface area contributed by atoms with Gasteiger partial charge in [0, 0.05) is 0 Å². The summed E-state index contributed by atoms with van der Waals surface area (Å²) in [5.74, 6) is 3.26. The molecule has 8 heteroatoms. The van der Waals surface area contributed by atoms with E-state index in [1.54, 1.807) is 49.9 Å². The van der Waals surface area contributed by atoms with E-state index in [2.05, 4.69) is 16.9 Å². The van der Waals surface area contributed by atoms with Gasteiger partial charge in [-0.2, -0.15) is 0 Å². The number of hydrogen-bond donors (Lipinski definition) is 0. The lowest BCUT2D eigenvalue weighted by molar-refractivity contribution is -0.274. The second-order valence-corrected chi connectivity index (χ2v) is 11.1. The Balaban J connectivity index is 1.68. The van der Waals surface area contributed by atoms with E-state index in [9.17, 15) is 13.2 Å². The molecule has 1 fully saturated rings. The minimum absolute atomic E-state index is 0.220. The predicted molar refractivity (Wildman–Crippen MR) is 147 cm³/mol. The lowest BCUT2D eigenvalue weighted by Crippen LogP contribution is -2.20. The number of ether oxygens (including phenoxy) is 3. The highest BCUT2D eigenvalue weighted by molar-refractivity contribution is 8.18. The van der Waals surface area contributed by atoms with Gasteiger partial charge in [0.1, 0.15) is 21.3 Å². The molecule has 4 rings (SSSR count). The number of rotatable bonds is 8. The van der Waals surface area contributed by atoms with Crippen LogP contribution in [0.3, 0.4) is 0 Å². The molecule has 3 aromatic carbocycles. The molecule has 1 aliphatic heterocycles. The van der Waals surface area contributed by atoms with Crippen LogP contribution in [0.2, 0.25) is 0 Å². The van der Waals surface area contributed by atoms with Crippen LogP contribution in [0.1, 0.15) is 23.1 Å². The minimum Gasteiger partial charge on any atom is -0.497 e. The highest BCUT2D eigenvalue weighted by Gasteiger charge is 2.34. The van der Waals surface area contributed by atoms with Crippen LogP contribution >= 0.6 is 23.5 Å². The van der Waals surface area contributed by atoms with E-state index in [-0.39, 0.29) is 5.75 Å². The van der Waals surface area contributed by atoms with Gasteiger partial charge in [-0.05, 0) is 76.6 Å². The maximum atomic E-state index is 12.6. The van der Waals surface area contributed by atoms with E-state index < -0.39 is 10.4 Å². The Morgan fingerprint density at radius 1 is 0.757 bits per heavy atom. The molecule has 0 radical (unpaired) electrons. The van der Waals surface area contributed by atoms with E-state index in [0.29, 0.717) is 0 Å². The van der Waals surface area contributed by atoms with E-state index in [1.807, 2.05) is 54.6 Å². The molecule has 0 spiro atoms. The standard InChI is InChI=1S/C29H27F3O3S2/c1-33-24-12-6-21(7-13-24)27(22-8-14-25(34-2)15-9-22)5-3-18-28(36-19-4-20-37-28)23-10-16-26(17-11-23)35-29(30,31)32/h3,5-18H,4,19-20H2,1-2H3/b18-3+. The van der Waals surface area contributed by atoms with Gasteiger partial charge >= 0.3 is 6.36 Å². The number of hydrogen-bond acceptors (Lipinski definition) is 5. The summed E-state index contributed by atoms with van der Waals surface area (Å²) in [6.45, 7) is 0. The molecule has 0 bridgehead atoms. The third kappa shape index (κ3) is 7.08. The van der Waals surface area contributed by atoms with Gasteiger partial charge in [-0.3, -0.25) is 0 Å². The molecule has 194 valence electrons. The lowest BCUT2D eigenvalue weighted by atomic mass is 9.97. The first-order valence-corrected chi connectivity index (χ1v) is 13.6. The molecule has 0 aromatic heterocycles. The molecule has 3 aromatic rings. The first-order chi connectivity index (χ1) is 17.8. The molecule has 1 aliphatic rings. The van der Waals surface area contributed by atoms with Crippen LogP contribution in [0.5, 0.6) is 17.2 Å². The van der Waals surface area contributed by atoms with Crippen molar-refractivity contribution in [3.8, 4) is 17.2 Å². The first kappa shape index (κ1) is 27.1. The van der Waals surface area contributed by atoms with E-state index in [4.69, 9.17) is 9.47 Å². The molecule has 0 N–H and O–H groups in total. The average molecular weight is 545 g/mol. The van der Waals surface area contributed by atoms with Crippen LogP contribution in [-0.2, 0) is 4.08 Å². The molecule has 3 nitrogen and oxygen atoms in total. The van der Waals surface area contributed by atoms with Crippen LogP contribution in [0.25, 0.3) is 5.57 Å². The minimum atomic E-state index is -4.71. The fourth-order valence-corrected chi connectivity index (χ4v) is 7.12. The van der Waals surface area contributed by atoms with Crippen LogP contribution in [0.4, 0.5) is 13.2 Å². The summed E-state index contributed by atoms with van der Waals surface area (Å²) < 4.78 is 52.1. The number of benzene rings is 3. The van der Waals surface area contributed by atoms with Crippen molar-refractivity contribution in [1.82, 2.24) is 0 Å². The van der Waals surface area contributed by atoms with Crippen molar-refractivity contribution in [2.75, 3.05) is 25.7 Å². The van der Waals surface area contributed by atoms with Gasteiger partial charge in [-0.25, -0.2) is 0 Å². The summed E-state index contributed by atoms with van der Waals surface area (Å²) in [6.07, 6.45) is 2.61. The number of alkyl halides is 3. The largest absolute Gasteiger partial charge is 0.573 e. The fourth-order valence-electron chi connectivity index (χ4n) is 3.97. The zero-order valence-corrected chi connectivity index (χ0v) is 22.1. The summed E-state index contributed by atoms with van der Waals surface area (Å²) in [7, 11) is 3.28. The SMILES string of the molecule is COc1ccc(C(=C/C=C/C2(c3ccc(OC(F)(F)F)cc3)SCCCS2)c2ccc(OC)cc2)cc1. The van der Waals surface area contributed by atoms with Crippen molar-refractivity contribution < 1.29 is 27.4 Å². The molecule has 1 saturated heterocycles. The van der Waals surface area contributed by atoms with Crippen LogP contribution < -0.4 is 14.2 Å². The smallest absolute Gasteiger partial charge is 0.497 e. The normalized spacial score (nSPS) is 15.3. The van der Waals surface area contributed by atoms with Gasteiger partial charge in [0.05, 0.1) is 14.2 Å². The van der Waals surface area contributed by atoms with E-state index in [0.717, 1.165) is 51.7 Å². The molecule has 1 heterocycles. The lowest BCUT2D eigenvalue weighted by Gasteiger charge is -2.34. The summed E-state index contributed by atoms with van der Waals surface area (Å²) in [6, 6.07) is 22.0. The van der Waals surface area contributed by atoms with Crippen molar-refractivity contribution in [2.45, 2.75) is 16.9 Å². The Morgan fingerprint density at radius 3 is 1.70 bits per heavy atom. The van der Waals surface area contributed by atoms with Gasteiger partial charge in [0.2, 0.25) is 0 Å². The van der Waals surface area contributed by atoms with E-state index in [1.165, 1.54) is 12.1 Å². The highest BCUT2D eigenvalue weighted by Crippen LogP contribution is 2.51. The maximum absolute atomic E-state index is 12.6. The fraction of sp³-hybridized carbons (Fsp3) is 0.241. The van der Waals surface area contributed by atoms with Gasteiger partial charge < -0.3 is 14.2 Å². The third-order valence-corrected chi connectivity index (χ3v) is 9.09. The number of thioether (sulfide) groups is 2. The number of halogens is 3. The van der Waals surface area contributed by atoms with Gasteiger partial charge in [-0.15, -0.1) is 36.7 Å². The molecule has 0 atom stereocenters. The van der Waals surface area contributed by atoms with Crippen molar-refractivity contribution in [2.24, 2.45) is 0 Å². The van der Waals surface area contributed by atoms with Crippen LogP contribution in [0, 0.1) is 0 Å². The monoisotopic (exact) mass is 544 g/mol. The Bertz CT molecular complexity index is 1160. The number of methoxy groups -OCH3 is 2. The van der Waals surface area contributed by atoms with Crippen LogP contribution in [0.15, 0.2) is 91.0 Å². The number of allylic oxidation sites excluding steroid dienone is 2. The Hall–Kier alpha value is -2.97. The zero-order chi connectivity index (χ0) is 26.3. The Morgan fingerprint density at radius 2 is 1.24 bits per heavy atom. The molecule has 0 unspecified atom stereocenters. The molecule has 0 saturated carbocycles. The van der Waals surface area contributed by atoms with Gasteiger partial charge in [0.25, 0.3) is 0 Å². The third-order valence-electron chi connectivity index (χ3n) is 5.79. The second-order valence-electron chi connectivity index (χ2n) is 8.19. The Labute approximate surface area is 223 Å². The summed E-state index contributed by atoms with van der Waals surface area (Å²) in [5, 5.41) is 0. The summed E-state index contributed by atoms with van der Waals surface area (Å²) >= 11 is 3.57. The van der Waals surface area contributed by atoms with Crippen molar-refractivity contribution in [3.05, 3.63) is 108 Å². The maximum Gasteiger partial charge on any atom is 0.573 e. The summed E-state index contributed by atoms with van der Waals surface area (Å²) in [4.78, 5) is 0. The molecular weight excluding hydrogens is 517 g/mol. The van der Waals surface area contributed by atoms with Crippen LogP contribution in [-0.4, -0.2) is 32.1 Å². The highest BCUT2D eigenvalue weighted by atomic mass is 32.2. The van der Waals surface area contributed by atoms with Gasteiger partial charge in [0.15, 0.2) is 0 Å². The van der Waals surface area contributed by atoms with Crippen molar-refractivity contribution >= 4 is 29.1 Å². The predicted octanol–water partition coefficient (Wildman–Crippen LogP) is 8.31. The quantitative estimate of drug-likeness (QED) is 0.266. The van der Waals surface area contributed by atoms with Gasteiger partial charge in [-0.1, -0.05) is 54.6 Å². The second kappa shape index (κ2) is 12.0. The Kier molecular flexibility index (Phi) is 8.82. The van der Waals surface area contributed by atoms with Crippen molar-refractivity contribution in [3.63, 3.8) is 0 Å². The molecular formula is C29H27F3O3S2. The molecule has 0 amide bonds.